The summed E-state index contributed by atoms with van der Waals surface area (Å²) in [4.78, 5) is 14.7. The highest BCUT2D eigenvalue weighted by Crippen LogP contribution is 2.41. The van der Waals surface area contributed by atoms with E-state index in [4.69, 9.17) is 14.6 Å². The van der Waals surface area contributed by atoms with Gasteiger partial charge in [-0.15, -0.1) is 0 Å². The highest BCUT2D eigenvalue weighted by molar-refractivity contribution is 6.76. The minimum atomic E-state index is -4.71. The standard InChI is InChI=1S/C21H23F4N3O4Si/c1-33(2,3)9-8-31-12-28-11-14(21(23,24)25)18-17(6-7-26-19(18)28)32-16-5-4-13(10-15(16)22)27-20(29)30/h4-7,10-11,27H,8-9,12H2,1-3H3,(H,29,30). The number of ether oxygens (including phenoxy) is 2. The molecule has 0 spiro atoms. The number of nitrogens with one attached hydrogen (secondary N) is 1. The molecule has 1 amide bonds. The van der Waals surface area contributed by atoms with Crippen molar-refractivity contribution in [2.24, 2.45) is 0 Å². The summed E-state index contributed by atoms with van der Waals surface area (Å²) in [5, 5.41) is 10.4. The van der Waals surface area contributed by atoms with Gasteiger partial charge in [0, 0.05) is 38.8 Å². The minimum Gasteiger partial charge on any atom is -0.465 e. The fourth-order valence-electron chi connectivity index (χ4n) is 3.03. The Morgan fingerprint density at radius 3 is 2.55 bits per heavy atom. The van der Waals surface area contributed by atoms with Gasteiger partial charge in [0.15, 0.2) is 11.6 Å². The molecule has 2 heterocycles. The Morgan fingerprint density at radius 1 is 1.21 bits per heavy atom. The Balaban J connectivity index is 1.95. The molecule has 0 atom stereocenters. The molecular weight excluding hydrogens is 462 g/mol. The molecule has 0 saturated carbocycles. The number of pyridine rings is 1. The third kappa shape index (κ3) is 6.23. The van der Waals surface area contributed by atoms with E-state index in [0.29, 0.717) is 6.61 Å². The van der Waals surface area contributed by atoms with Gasteiger partial charge in [-0.2, -0.15) is 13.2 Å². The van der Waals surface area contributed by atoms with Crippen LogP contribution in [0.15, 0.2) is 36.7 Å². The summed E-state index contributed by atoms with van der Waals surface area (Å²) in [5.74, 6) is -1.56. The first-order chi connectivity index (χ1) is 15.3. The van der Waals surface area contributed by atoms with E-state index < -0.39 is 31.7 Å². The van der Waals surface area contributed by atoms with Crippen LogP contribution >= 0.6 is 0 Å². The molecule has 3 aromatic rings. The second-order valence-electron chi connectivity index (χ2n) is 8.54. The third-order valence-electron chi connectivity index (χ3n) is 4.65. The van der Waals surface area contributed by atoms with Crippen LogP contribution in [0.1, 0.15) is 5.56 Å². The van der Waals surface area contributed by atoms with E-state index in [2.05, 4.69) is 24.6 Å². The predicted octanol–water partition coefficient (Wildman–Crippen LogP) is 6.39. The van der Waals surface area contributed by atoms with Gasteiger partial charge in [-0.1, -0.05) is 19.6 Å². The van der Waals surface area contributed by atoms with E-state index in [1.54, 1.807) is 0 Å². The minimum absolute atomic E-state index is 0.0163. The number of fused-ring (bicyclic) bond motifs is 1. The Labute approximate surface area is 188 Å². The molecule has 0 aliphatic rings. The van der Waals surface area contributed by atoms with Crippen molar-refractivity contribution in [2.75, 3.05) is 11.9 Å². The van der Waals surface area contributed by atoms with Gasteiger partial charge in [0.25, 0.3) is 0 Å². The van der Waals surface area contributed by atoms with E-state index in [1.807, 2.05) is 5.32 Å². The lowest BCUT2D eigenvalue weighted by Crippen LogP contribution is -2.22. The quantitative estimate of drug-likeness (QED) is 0.219. The summed E-state index contributed by atoms with van der Waals surface area (Å²) in [6, 6.07) is 5.27. The fraction of sp³-hybridized carbons (Fsp3) is 0.333. The number of carbonyl (C=O) groups is 1. The van der Waals surface area contributed by atoms with Gasteiger partial charge in [0.2, 0.25) is 0 Å². The molecule has 0 radical (unpaired) electrons. The maximum atomic E-state index is 14.4. The van der Waals surface area contributed by atoms with E-state index >= 15 is 0 Å². The maximum Gasteiger partial charge on any atom is 0.418 e. The van der Waals surface area contributed by atoms with Gasteiger partial charge in [-0.25, -0.2) is 14.2 Å². The third-order valence-corrected chi connectivity index (χ3v) is 6.36. The number of hydrogen-bond donors (Lipinski definition) is 2. The average molecular weight is 486 g/mol. The molecule has 0 fully saturated rings. The number of carboxylic acid groups (broad SMARTS) is 1. The number of aromatic nitrogens is 2. The van der Waals surface area contributed by atoms with Crippen molar-refractivity contribution >= 4 is 30.9 Å². The highest BCUT2D eigenvalue weighted by atomic mass is 28.3. The van der Waals surface area contributed by atoms with Gasteiger partial charge < -0.3 is 19.1 Å². The van der Waals surface area contributed by atoms with Gasteiger partial charge in [0.05, 0.1) is 10.9 Å². The number of anilines is 1. The van der Waals surface area contributed by atoms with E-state index in [1.165, 1.54) is 22.9 Å². The zero-order valence-corrected chi connectivity index (χ0v) is 19.2. The zero-order chi connectivity index (χ0) is 24.4. The number of amides is 1. The lowest BCUT2D eigenvalue weighted by Gasteiger charge is -2.15. The monoisotopic (exact) mass is 485 g/mol. The van der Waals surface area contributed by atoms with Gasteiger partial charge in [-0.3, -0.25) is 5.32 Å². The smallest absolute Gasteiger partial charge is 0.418 e. The molecule has 0 aliphatic carbocycles. The Hall–Kier alpha value is -3.12. The molecule has 178 valence electrons. The van der Waals surface area contributed by atoms with Crippen LogP contribution in [0.5, 0.6) is 11.5 Å². The first-order valence-corrected chi connectivity index (χ1v) is 13.7. The summed E-state index contributed by atoms with van der Waals surface area (Å²) in [6.45, 7) is 6.78. The fourth-order valence-corrected chi connectivity index (χ4v) is 3.79. The number of rotatable bonds is 8. The normalized spacial score (nSPS) is 12.2. The second kappa shape index (κ2) is 9.39. The van der Waals surface area contributed by atoms with Crippen molar-refractivity contribution in [3.63, 3.8) is 0 Å². The summed E-state index contributed by atoms with van der Waals surface area (Å²) < 4.78 is 68.0. The molecule has 33 heavy (non-hydrogen) atoms. The molecule has 0 aliphatic heterocycles. The largest absolute Gasteiger partial charge is 0.465 e. The first-order valence-electron chi connectivity index (χ1n) is 9.95. The van der Waals surface area contributed by atoms with Crippen LogP contribution in [-0.2, 0) is 17.6 Å². The molecule has 0 bridgehead atoms. The molecule has 0 saturated heterocycles. The molecule has 2 aromatic heterocycles. The number of nitrogens with zero attached hydrogens (tertiary/aromatic N) is 2. The van der Waals surface area contributed by atoms with Gasteiger partial charge in [-0.05, 0) is 24.2 Å². The molecule has 3 rings (SSSR count). The number of alkyl halides is 3. The van der Waals surface area contributed by atoms with Crippen LogP contribution in [0.3, 0.4) is 0 Å². The predicted molar refractivity (Wildman–Crippen MR) is 117 cm³/mol. The Bertz CT molecular complexity index is 1160. The Morgan fingerprint density at radius 2 is 1.94 bits per heavy atom. The zero-order valence-electron chi connectivity index (χ0n) is 18.2. The van der Waals surface area contributed by atoms with Gasteiger partial charge >= 0.3 is 12.3 Å². The number of benzene rings is 1. The second-order valence-corrected chi connectivity index (χ2v) is 14.2. The Kier molecular flexibility index (Phi) is 6.98. The van der Waals surface area contributed by atoms with E-state index in [0.717, 1.165) is 24.4 Å². The van der Waals surface area contributed by atoms with Crippen molar-refractivity contribution in [1.29, 1.82) is 0 Å². The molecule has 0 unspecified atom stereocenters. The van der Waals surface area contributed by atoms with Crippen LogP contribution < -0.4 is 10.1 Å². The van der Waals surface area contributed by atoms with Crippen LogP contribution in [0.4, 0.5) is 28.0 Å². The maximum absolute atomic E-state index is 14.4. The summed E-state index contributed by atoms with van der Waals surface area (Å²) in [6.07, 6.45) is -3.94. The van der Waals surface area contributed by atoms with Crippen molar-refractivity contribution in [1.82, 2.24) is 9.55 Å². The first kappa shape index (κ1) is 24.5. The lowest BCUT2D eigenvalue weighted by molar-refractivity contribution is -0.136. The topological polar surface area (TPSA) is 85.6 Å². The van der Waals surface area contributed by atoms with Crippen molar-refractivity contribution in [3.8, 4) is 11.5 Å². The molecule has 7 nitrogen and oxygen atoms in total. The van der Waals surface area contributed by atoms with Crippen LogP contribution in [-0.4, -0.2) is 35.4 Å². The SMILES string of the molecule is C[Si](C)(C)CCOCn1cc(C(F)(F)F)c2c(Oc3ccc(NC(=O)O)cc3F)ccnc21. The van der Waals surface area contributed by atoms with Crippen molar-refractivity contribution < 1.29 is 36.9 Å². The molecule has 2 N–H and O–H groups in total. The molecule has 1 aromatic carbocycles. The van der Waals surface area contributed by atoms with Gasteiger partial charge in [0.1, 0.15) is 18.1 Å². The molecular formula is C21H23F4N3O4Si. The lowest BCUT2D eigenvalue weighted by atomic mass is 10.2. The highest BCUT2D eigenvalue weighted by Gasteiger charge is 2.36. The summed E-state index contributed by atoms with van der Waals surface area (Å²) in [5.41, 5.74) is -1.05. The summed E-state index contributed by atoms with van der Waals surface area (Å²) in [7, 11) is -1.37. The van der Waals surface area contributed by atoms with E-state index in [9.17, 15) is 22.4 Å². The van der Waals surface area contributed by atoms with Crippen molar-refractivity contribution in [2.45, 2.75) is 38.6 Å². The van der Waals surface area contributed by atoms with Crippen molar-refractivity contribution in [3.05, 3.63) is 48.0 Å². The average Bonchev–Trinajstić information content (AvgIpc) is 3.06. The number of hydrogen-bond acceptors (Lipinski definition) is 4. The molecule has 12 heteroatoms. The number of halogens is 4. The van der Waals surface area contributed by atoms with Crippen LogP contribution in [0.25, 0.3) is 11.0 Å². The summed E-state index contributed by atoms with van der Waals surface area (Å²) >= 11 is 0. The van der Waals surface area contributed by atoms with Crippen LogP contribution in [0, 0.1) is 5.82 Å². The van der Waals surface area contributed by atoms with Crippen LogP contribution in [0.2, 0.25) is 25.7 Å². The van der Waals surface area contributed by atoms with E-state index in [-0.39, 0.29) is 35.0 Å².